The Hall–Kier alpha value is -1.06. The first-order valence-corrected chi connectivity index (χ1v) is 8.01. The lowest BCUT2D eigenvalue weighted by Gasteiger charge is -2.41. The highest BCUT2D eigenvalue weighted by Gasteiger charge is 2.39. The molecule has 1 rings (SSSR count). The summed E-state index contributed by atoms with van der Waals surface area (Å²) in [6.45, 7) is 10.1. The Kier molecular flexibility index (Phi) is 6.69. The summed E-state index contributed by atoms with van der Waals surface area (Å²) < 4.78 is 5.23. The van der Waals surface area contributed by atoms with E-state index in [1.165, 1.54) is 0 Å². The number of carbonyl (C=O) groups is 1. The van der Waals surface area contributed by atoms with E-state index < -0.39 is 5.54 Å². The van der Waals surface area contributed by atoms with E-state index in [0.717, 1.165) is 25.9 Å². The van der Waals surface area contributed by atoms with Crippen LogP contribution in [0.25, 0.3) is 0 Å². The van der Waals surface area contributed by atoms with Crippen LogP contribution in [-0.4, -0.2) is 36.4 Å². The molecule has 0 fully saturated rings. The van der Waals surface area contributed by atoms with Gasteiger partial charge in [-0.1, -0.05) is 39.3 Å². The molecule has 21 heavy (non-hydrogen) atoms. The van der Waals surface area contributed by atoms with E-state index in [1.807, 2.05) is 0 Å². The third kappa shape index (κ3) is 3.41. The standard InChI is InChI=1S/C17H26ClNO2/c1-6-17(7-2,19(8-3)9-4)16(20)13-10-11-14(18)15(12-13)21-5/h10-12H,6-9H2,1-5H3. The number of likely N-dealkylation sites (N-methyl/N-ethyl adjacent to an activating group) is 1. The molecule has 3 nitrogen and oxygen atoms in total. The second kappa shape index (κ2) is 7.81. The van der Waals surface area contributed by atoms with Gasteiger partial charge in [0.25, 0.3) is 0 Å². The highest BCUT2D eigenvalue weighted by molar-refractivity contribution is 6.32. The van der Waals surface area contributed by atoms with Gasteiger partial charge in [-0.3, -0.25) is 9.69 Å². The van der Waals surface area contributed by atoms with Crippen LogP contribution in [0, 0.1) is 0 Å². The van der Waals surface area contributed by atoms with Gasteiger partial charge in [0.15, 0.2) is 5.78 Å². The molecule has 0 heterocycles. The molecule has 0 atom stereocenters. The summed E-state index contributed by atoms with van der Waals surface area (Å²) in [4.78, 5) is 15.4. The lowest BCUT2D eigenvalue weighted by atomic mass is 9.82. The fraction of sp³-hybridized carbons (Fsp3) is 0.588. The van der Waals surface area contributed by atoms with Gasteiger partial charge in [-0.15, -0.1) is 0 Å². The molecule has 4 heteroatoms. The van der Waals surface area contributed by atoms with Crippen molar-refractivity contribution in [2.45, 2.75) is 46.1 Å². The minimum absolute atomic E-state index is 0.145. The number of nitrogens with zero attached hydrogens (tertiary/aromatic N) is 1. The summed E-state index contributed by atoms with van der Waals surface area (Å²) in [7, 11) is 1.56. The van der Waals surface area contributed by atoms with Gasteiger partial charge in [-0.2, -0.15) is 0 Å². The Bertz CT molecular complexity index is 480. The van der Waals surface area contributed by atoms with E-state index in [4.69, 9.17) is 16.3 Å². The number of hydrogen-bond acceptors (Lipinski definition) is 3. The monoisotopic (exact) mass is 311 g/mol. The summed E-state index contributed by atoms with van der Waals surface area (Å²) in [6.07, 6.45) is 1.57. The number of halogens is 1. The molecular weight excluding hydrogens is 286 g/mol. The van der Waals surface area contributed by atoms with Gasteiger partial charge in [-0.05, 0) is 44.1 Å². The van der Waals surface area contributed by atoms with Crippen LogP contribution in [0.1, 0.15) is 50.9 Å². The molecule has 0 saturated heterocycles. The maximum atomic E-state index is 13.1. The topological polar surface area (TPSA) is 29.5 Å². The zero-order chi connectivity index (χ0) is 16.0. The van der Waals surface area contributed by atoms with Crippen LogP contribution >= 0.6 is 11.6 Å². The molecule has 0 aromatic heterocycles. The minimum Gasteiger partial charge on any atom is -0.495 e. The van der Waals surface area contributed by atoms with Gasteiger partial charge in [-0.25, -0.2) is 0 Å². The third-order valence-electron chi connectivity index (χ3n) is 4.37. The number of benzene rings is 1. The molecule has 0 aliphatic heterocycles. The fourth-order valence-corrected chi connectivity index (χ4v) is 3.26. The SMILES string of the molecule is CCN(CC)C(CC)(CC)C(=O)c1ccc(Cl)c(OC)c1. The Balaban J connectivity index is 3.29. The molecule has 0 amide bonds. The van der Waals surface area contributed by atoms with E-state index >= 15 is 0 Å². The smallest absolute Gasteiger partial charge is 0.183 e. The van der Waals surface area contributed by atoms with Gasteiger partial charge in [0.05, 0.1) is 17.7 Å². The zero-order valence-corrected chi connectivity index (χ0v) is 14.5. The average molecular weight is 312 g/mol. The first-order chi connectivity index (χ1) is 10.00. The van der Waals surface area contributed by atoms with Crippen molar-refractivity contribution in [2.75, 3.05) is 20.2 Å². The third-order valence-corrected chi connectivity index (χ3v) is 4.69. The quantitative estimate of drug-likeness (QED) is 0.665. The van der Waals surface area contributed by atoms with Gasteiger partial charge < -0.3 is 4.74 Å². The fourth-order valence-electron chi connectivity index (χ4n) is 3.06. The van der Waals surface area contributed by atoms with Crippen molar-refractivity contribution < 1.29 is 9.53 Å². The van der Waals surface area contributed by atoms with Crippen LogP contribution in [-0.2, 0) is 0 Å². The number of carbonyl (C=O) groups excluding carboxylic acids is 1. The first-order valence-electron chi connectivity index (χ1n) is 7.64. The second-order valence-corrected chi connectivity index (χ2v) is 5.50. The number of rotatable bonds is 8. The summed E-state index contributed by atoms with van der Waals surface area (Å²) in [6, 6.07) is 5.26. The van der Waals surface area contributed by atoms with Crippen molar-refractivity contribution in [3.8, 4) is 5.75 Å². The summed E-state index contributed by atoms with van der Waals surface area (Å²) >= 11 is 6.05. The first kappa shape index (κ1) is 18.0. The van der Waals surface area contributed by atoms with Crippen LogP contribution in [0.5, 0.6) is 5.75 Å². The largest absolute Gasteiger partial charge is 0.495 e. The molecule has 118 valence electrons. The number of ether oxygens (including phenoxy) is 1. The molecule has 0 aliphatic rings. The Morgan fingerprint density at radius 3 is 2.19 bits per heavy atom. The molecule has 0 N–H and O–H groups in total. The zero-order valence-electron chi connectivity index (χ0n) is 13.7. The van der Waals surface area contributed by atoms with Crippen molar-refractivity contribution in [1.82, 2.24) is 4.90 Å². The molecule has 0 radical (unpaired) electrons. The minimum atomic E-state index is -0.456. The number of ketones is 1. The van der Waals surface area contributed by atoms with Crippen LogP contribution < -0.4 is 4.74 Å². The van der Waals surface area contributed by atoms with E-state index in [-0.39, 0.29) is 5.78 Å². The van der Waals surface area contributed by atoms with E-state index in [0.29, 0.717) is 16.3 Å². The summed E-state index contributed by atoms with van der Waals surface area (Å²) in [5.74, 6) is 0.689. The van der Waals surface area contributed by atoms with Crippen molar-refractivity contribution in [3.05, 3.63) is 28.8 Å². The van der Waals surface area contributed by atoms with E-state index in [1.54, 1.807) is 25.3 Å². The maximum absolute atomic E-state index is 13.1. The molecule has 1 aromatic carbocycles. The van der Waals surface area contributed by atoms with E-state index in [2.05, 4.69) is 32.6 Å². The second-order valence-electron chi connectivity index (χ2n) is 5.09. The van der Waals surface area contributed by atoms with Crippen LogP contribution in [0.4, 0.5) is 0 Å². The Morgan fingerprint density at radius 1 is 1.19 bits per heavy atom. The Morgan fingerprint density at radius 2 is 1.76 bits per heavy atom. The van der Waals surface area contributed by atoms with Gasteiger partial charge >= 0.3 is 0 Å². The predicted octanol–water partition coefficient (Wildman–Crippen LogP) is 4.43. The summed E-state index contributed by atoms with van der Waals surface area (Å²) in [5, 5.41) is 0.524. The molecule has 0 saturated carbocycles. The van der Waals surface area contributed by atoms with Crippen molar-refractivity contribution in [3.63, 3.8) is 0 Å². The molecule has 0 unspecified atom stereocenters. The van der Waals surface area contributed by atoms with Crippen LogP contribution in [0.15, 0.2) is 18.2 Å². The molecule has 1 aromatic rings. The lowest BCUT2D eigenvalue weighted by Crippen LogP contribution is -2.53. The van der Waals surface area contributed by atoms with Gasteiger partial charge in [0.1, 0.15) is 5.75 Å². The van der Waals surface area contributed by atoms with Crippen molar-refractivity contribution in [1.29, 1.82) is 0 Å². The highest BCUT2D eigenvalue weighted by Crippen LogP contribution is 2.32. The maximum Gasteiger partial charge on any atom is 0.183 e. The van der Waals surface area contributed by atoms with Crippen LogP contribution in [0.2, 0.25) is 5.02 Å². The van der Waals surface area contributed by atoms with Crippen molar-refractivity contribution in [2.24, 2.45) is 0 Å². The van der Waals surface area contributed by atoms with E-state index in [9.17, 15) is 4.79 Å². The lowest BCUT2D eigenvalue weighted by molar-refractivity contribution is 0.0534. The molecular formula is C17H26ClNO2. The predicted molar refractivity (Wildman–Crippen MR) is 88.6 cm³/mol. The number of Topliss-reactive ketones (excluding diaryl/α,β-unsaturated/α-hetero) is 1. The average Bonchev–Trinajstić information content (AvgIpc) is 2.52. The normalized spacial score (nSPS) is 11.8. The summed E-state index contributed by atoms with van der Waals surface area (Å²) in [5.41, 5.74) is 0.203. The van der Waals surface area contributed by atoms with Crippen molar-refractivity contribution >= 4 is 17.4 Å². The highest BCUT2D eigenvalue weighted by atomic mass is 35.5. The Labute approximate surface area is 133 Å². The molecule has 0 bridgehead atoms. The van der Waals surface area contributed by atoms with Crippen LogP contribution in [0.3, 0.4) is 0 Å². The number of hydrogen-bond donors (Lipinski definition) is 0. The van der Waals surface area contributed by atoms with Gasteiger partial charge in [0.2, 0.25) is 0 Å². The molecule has 0 aliphatic carbocycles. The van der Waals surface area contributed by atoms with Gasteiger partial charge in [0, 0.05) is 5.56 Å². The molecule has 0 spiro atoms. The number of methoxy groups -OCH3 is 1.